The minimum absolute atomic E-state index is 0.184. The summed E-state index contributed by atoms with van der Waals surface area (Å²) >= 11 is 0. The fraction of sp³-hybridized carbons (Fsp3) is 0.278. The van der Waals surface area contributed by atoms with Crippen LogP contribution in [0.5, 0.6) is 0 Å². The SMILES string of the molecule is Cc1cccc(Cn2nc(C)c(NC(=O)c3ccnn3C)c2C)c1. The van der Waals surface area contributed by atoms with Crippen LogP contribution in [0.4, 0.5) is 5.69 Å². The van der Waals surface area contributed by atoms with Crippen LogP contribution in [-0.4, -0.2) is 25.5 Å². The number of carbonyl (C=O) groups is 1. The van der Waals surface area contributed by atoms with Gasteiger partial charge in [0.2, 0.25) is 0 Å². The molecule has 0 aliphatic carbocycles. The van der Waals surface area contributed by atoms with Crippen molar-refractivity contribution in [3.05, 3.63) is 64.7 Å². The molecule has 1 aromatic carbocycles. The minimum Gasteiger partial charge on any atom is -0.317 e. The number of hydrogen-bond donors (Lipinski definition) is 1. The first-order valence-corrected chi connectivity index (χ1v) is 7.84. The van der Waals surface area contributed by atoms with Gasteiger partial charge in [0, 0.05) is 13.2 Å². The van der Waals surface area contributed by atoms with Crippen molar-refractivity contribution >= 4 is 11.6 Å². The van der Waals surface area contributed by atoms with Crippen LogP contribution in [-0.2, 0) is 13.6 Å². The standard InChI is InChI=1S/C18H21N5O/c1-12-6-5-7-15(10-12)11-23-14(3)17(13(2)21-23)20-18(24)16-8-9-19-22(16)4/h5-10H,11H2,1-4H3,(H,20,24). The number of anilines is 1. The first-order chi connectivity index (χ1) is 11.5. The number of amides is 1. The molecule has 6 heteroatoms. The quantitative estimate of drug-likeness (QED) is 0.803. The third-order valence-corrected chi connectivity index (χ3v) is 4.09. The zero-order valence-electron chi connectivity index (χ0n) is 14.4. The number of hydrogen-bond acceptors (Lipinski definition) is 3. The van der Waals surface area contributed by atoms with Crippen LogP contribution in [0.25, 0.3) is 0 Å². The van der Waals surface area contributed by atoms with Crippen molar-refractivity contribution in [1.82, 2.24) is 19.6 Å². The Bertz CT molecular complexity index is 891. The summed E-state index contributed by atoms with van der Waals surface area (Å²) in [5.41, 5.74) is 5.41. The van der Waals surface area contributed by atoms with Crippen molar-refractivity contribution in [2.75, 3.05) is 5.32 Å². The molecular formula is C18H21N5O. The van der Waals surface area contributed by atoms with Crippen LogP contribution in [0.1, 0.15) is 33.0 Å². The summed E-state index contributed by atoms with van der Waals surface area (Å²) in [5.74, 6) is -0.184. The second kappa shape index (κ2) is 6.31. The molecule has 3 aromatic rings. The molecule has 24 heavy (non-hydrogen) atoms. The second-order valence-corrected chi connectivity index (χ2v) is 5.99. The van der Waals surface area contributed by atoms with Gasteiger partial charge in [-0.2, -0.15) is 10.2 Å². The van der Waals surface area contributed by atoms with Crippen molar-refractivity contribution in [2.45, 2.75) is 27.3 Å². The van der Waals surface area contributed by atoms with Crippen molar-refractivity contribution in [3.63, 3.8) is 0 Å². The number of aromatic nitrogens is 4. The lowest BCUT2D eigenvalue weighted by molar-refractivity contribution is 0.101. The van der Waals surface area contributed by atoms with Gasteiger partial charge in [0.25, 0.3) is 5.91 Å². The fourth-order valence-corrected chi connectivity index (χ4v) is 2.79. The van der Waals surface area contributed by atoms with E-state index in [0.29, 0.717) is 12.2 Å². The molecule has 0 fully saturated rings. The van der Waals surface area contributed by atoms with Gasteiger partial charge < -0.3 is 5.32 Å². The highest BCUT2D eigenvalue weighted by atomic mass is 16.2. The van der Waals surface area contributed by atoms with Crippen molar-refractivity contribution in [1.29, 1.82) is 0 Å². The highest BCUT2D eigenvalue weighted by molar-refractivity contribution is 6.03. The molecule has 6 nitrogen and oxygen atoms in total. The summed E-state index contributed by atoms with van der Waals surface area (Å²) in [6.45, 7) is 6.62. The molecule has 0 saturated heterocycles. The Morgan fingerprint density at radius 2 is 2.00 bits per heavy atom. The molecule has 0 spiro atoms. The minimum atomic E-state index is -0.184. The van der Waals surface area contributed by atoms with Crippen molar-refractivity contribution < 1.29 is 4.79 Å². The highest BCUT2D eigenvalue weighted by Gasteiger charge is 2.17. The van der Waals surface area contributed by atoms with E-state index in [1.165, 1.54) is 11.1 Å². The van der Waals surface area contributed by atoms with E-state index in [1.807, 2.05) is 24.6 Å². The Kier molecular flexibility index (Phi) is 4.20. The molecule has 0 aliphatic heterocycles. The summed E-state index contributed by atoms with van der Waals surface area (Å²) in [6, 6.07) is 10.0. The van der Waals surface area contributed by atoms with E-state index in [9.17, 15) is 4.79 Å². The van der Waals surface area contributed by atoms with E-state index in [-0.39, 0.29) is 5.91 Å². The van der Waals surface area contributed by atoms with E-state index in [1.54, 1.807) is 24.0 Å². The molecule has 0 unspecified atom stereocenters. The van der Waals surface area contributed by atoms with Crippen LogP contribution in [0.2, 0.25) is 0 Å². The van der Waals surface area contributed by atoms with Crippen molar-refractivity contribution in [3.8, 4) is 0 Å². The number of nitrogens with zero attached hydrogens (tertiary/aromatic N) is 4. The highest BCUT2D eigenvalue weighted by Crippen LogP contribution is 2.21. The molecule has 124 valence electrons. The maximum atomic E-state index is 12.4. The largest absolute Gasteiger partial charge is 0.317 e. The average molecular weight is 323 g/mol. The predicted octanol–water partition coefficient (Wildman–Crippen LogP) is 2.84. The average Bonchev–Trinajstić information content (AvgIpc) is 3.06. The zero-order chi connectivity index (χ0) is 17.3. The zero-order valence-corrected chi connectivity index (χ0v) is 14.4. The van der Waals surface area contributed by atoms with Gasteiger partial charge >= 0.3 is 0 Å². The Labute approximate surface area is 141 Å². The Morgan fingerprint density at radius 1 is 1.21 bits per heavy atom. The van der Waals surface area contributed by atoms with Crippen molar-refractivity contribution in [2.24, 2.45) is 7.05 Å². The van der Waals surface area contributed by atoms with Gasteiger partial charge in [-0.3, -0.25) is 14.2 Å². The van der Waals surface area contributed by atoms with Gasteiger partial charge in [-0.25, -0.2) is 0 Å². The molecule has 0 saturated carbocycles. The van der Waals surface area contributed by atoms with Gasteiger partial charge in [0.15, 0.2) is 0 Å². The molecule has 0 bridgehead atoms. The monoisotopic (exact) mass is 323 g/mol. The lowest BCUT2D eigenvalue weighted by Crippen LogP contribution is -2.17. The number of nitrogens with one attached hydrogen (secondary N) is 1. The van der Waals surface area contributed by atoms with Gasteiger partial charge in [0.05, 0.1) is 23.6 Å². The van der Waals surface area contributed by atoms with E-state index in [0.717, 1.165) is 17.1 Å². The third kappa shape index (κ3) is 3.08. The van der Waals surface area contributed by atoms with E-state index >= 15 is 0 Å². The lowest BCUT2D eigenvalue weighted by Gasteiger charge is -2.08. The molecule has 0 radical (unpaired) electrons. The van der Waals surface area contributed by atoms with Gasteiger partial charge in [-0.15, -0.1) is 0 Å². The summed E-state index contributed by atoms with van der Waals surface area (Å²) < 4.78 is 3.47. The molecule has 2 aromatic heterocycles. The third-order valence-electron chi connectivity index (χ3n) is 4.09. The second-order valence-electron chi connectivity index (χ2n) is 5.99. The Morgan fingerprint density at radius 3 is 2.67 bits per heavy atom. The van der Waals surface area contributed by atoms with Crippen LogP contribution in [0.15, 0.2) is 36.5 Å². The summed E-state index contributed by atoms with van der Waals surface area (Å²) in [5, 5.41) is 11.6. The molecule has 0 aliphatic rings. The van der Waals surface area contributed by atoms with E-state index in [2.05, 4.69) is 40.6 Å². The van der Waals surface area contributed by atoms with Gasteiger partial charge in [-0.05, 0) is 32.4 Å². The number of aryl methyl sites for hydroxylation is 3. The van der Waals surface area contributed by atoms with Gasteiger partial charge in [-0.1, -0.05) is 29.8 Å². The first-order valence-electron chi connectivity index (χ1n) is 7.84. The maximum Gasteiger partial charge on any atom is 0.274 e. The number of carbonyl (C=O) groups excluding carboxylic acids is 1. The first kappa shape index (κ1) is 16.0. The Hall–Kier alpha value is -2.89. The summed E-state index contributed by atoms with van der Waals surface area (Å²) in [7, 11) is 1.75. The van der Waals surface area contributed by atoms with Crippen LogP contribution < -0.4 is 5.32 Å². The molecule has 3 rings (SSSR count). The van der Waals surface area contributed by atoms with Gasteiger partial charge in [0.1, 0.15) is 5.69 Å². The van der Waals surface area contributed by atoms with Crippen LogP contribution in [0, 0.1) is 20.8 Å². The smallest absolute Gasteiger partial charge is 0.274 e. The lowest BCUT2D eigenvalue weighted by atomic mass is 10.1. The molecule has 1 amide bonds. The number of rotatable bonds is 4. The van der Waals surface area contributed by atoms with E-state index < -0.39 is 0 Å². The topological polar surface area (TPSA) is 64.7 Å². The molecule has 1 N–H and O–H groups in total. The molecule has 0 atom stereocenters. The fourth-order valence-electron chi connectivity index (χ4n) is 2.79. The van der Waals surface area contributed by atoms with Crippen LogP contribution >= 0.6 is 0 Å². The Balaban J connectivity index is 1.84. The predicted molar refractivity (Wildman–Crippen MR) is 93.1 cm³/mol. The normalized spacial score (nSPS) is 10.8. The maximum absolute atomic E-state index is 12.4. The summed E-state index contributed by atoms with van der Waals surface area (Å²) in [6.07, 6.45) is 1.61. The van der Waals surface area contributed by atoms with E-state index in [4.69, 9.17) is 0 Å². The number of benzene rings is 1. The molecule has 2 heterocycles. The summed E-state index contributed by atoms with van der Waals surface area (Å²) in [4.78, 5) is 12.4. The molecular weight excluding hydrogens is 302 g/mol. The van der Waals surface area contributed by atoms with Crippen LogP contribution in [0.3, 0.4) is 0 Å².